The molecule has 0 bridgehead atoms. The van der Waals surface area contributed by atoms with E-state index in [1.54, 1.807) is 42.0 Å². The van der Waals surface area contributed by atoms with Crippen LogP contribution in [0.1, 0.15) is 45.4 Å². The molecule has 1 N–H and O–H groups in total. The lowest BCUT2D eigenvalue weighted by Crippen LogP contribution is -2.22. The fourth-order valence-electron chi connectivity index (χ4n) is 3.57. The molecule has 3 rings (SSSR count). The second kappa shape index (κ2) is 10.0. The zero-order chi connectivity index (χ0) is 20.6. The molecule has 0 spiro atoms. The van der Waals surface area contributed by atoms with Crippen molar-refractivity contribution in [3.63, 3.8) is 0 Å². The predicted molar refractivity (Wildman–Crippen MR) is 116 cm³/mol. The number of benzene rings is 2. The summed E-state index contributed by atoms with van der Waals surface area (Å²) >= 11 is 0. The van der Waals surface area contributed by atoms with E-state index in [0.717, 1.165) is 19.3 Å². The summed E-state index contributed by atoms with van der Waals surface area (Å²) in [6.07, 6.45) is 6.76. The maximum Gasteiger partial charge on any atom is 0.298 e. The third kappa shape index (κ3) is 4.73. The minimum Gasteiger partial charge on any atom is -0.504 e. The molecule has 1 aromatic heterocycles. The van der Waals surface area contributed by atoms with Gasteiger partial charge in [0.15, 0.2) is 5.75 Å². The number of aromatic hydroxyl groups is 1. The first kappa shape index (κ1) is 20.8. The molecule has 3 aromatic rings. The third-order valence-electron chi connectivity index (χ3n) is 5.10. The lowest BCUT2D eigenvalue weighted by atomic mass is 10.1. The summed E-state index contributed by atoms with van der Waals surface area (Å²) in [7, 11) is 1.57. The highest BCUT2D eigenvalue weighted by molar-refractivity contribution is 5.92. The number of methoxy groups -OCH3 is 1. The number of aryl methyl sites for hydroxylation is 1. The number of hydrogen-bond donors (Lipinski definition) is 1. The molecule has 0 radical (unpaired) electrons. The van der Waals surface area contributed by atoms with E-state index in [2.05, 4.69) is 6.92 Å². The minimum absolute atomic E-state index is 0.0528. The van der Waals surface area contributed by atoms with Gasteiger partial charge < -0.3 is 19.1 Å². The van der Waals surface area contributed by atoms with Crippen LogP contribution in [-0.2, 0) is 6.54 Å². The van der Waals surface area contributed by atoms with Crippen LogP contribution in [0.15, 0.2) is 53.3 Å². The van der Waals surface area contributed by atoms with Gasteiger partial charge in [-0.3, -0.25) is 4.79 Å². The second-order valence-electron chi connectivity index (χ2n) is 7.17. The van der Waals surface area contributed by atoms with E-state index < -0.39 is 0 Å². The van der Waals surface area contributed by atoms with Gasteiger partial charge in [-0.2, -0.15) is 0 Å². The van der Waals surface area contributed by atoms with E-state index in [-0.39, 0.29) is 17.1 Å². The van der Waals surface area contributed by atoms with E-state index in [4.69, 9.17) is 9.47 Å². The molecule has 0 aliphatic carbocycles. The van der Waals surface area contributed by atoms with E-state index in [0.29, 0.717) is 28.9 Å². The number of fused-ring (bicyclic) bond motifs is 1. The first-order chi connectivity index (χ1) is 14.2. The Kier molecular flexibility index (Phi) is 7.17. The van der Waals surface area contributed by atoms with E-state index >= 15 is 0 Å². The Bertz CT molecular complexity index is 995. The molecule has 0 fully saturated rings. The molecule has 0 unspecified atom stereocenters. The lowest BCUT2D eigenvalue weighted by Gasteiger charge is -2.17. The molecule has 0 atom stereocenters. The number of para-hydroxylation sites is 2. The van der Waals surface area contributed by atoms with E-state index in [1.807, 2.05) is 18.2 Å². The summed E-state index contributed by atoms with van der Waals surface area (Å²) < 4.78 is 13.0. The second-order valence-corrected chi connectivity index (χ2v) is 7.17. The summed E-state index contributed by atoms with van der Waals surface area (Å²) in [5.74, 6) is 0.857. The highest BCUT2D eigenvalue weighted by Crippen LogP contribution is 2.37. The fraction of sp³-hybridized carbons (Fsp3) is 0.375. The molecule has 2 aromatic carbocycles. The summed E-state index contributed by atoms with van der Waals surface area (Å²) in [5, 5.41) is 11.4. The molecular formula is C24H29NO4. The SMILES string of the molecule is CCCCCCCCn1c(=O)c(Oc2ccccc2)c(O)c2cccc(OC)c21. The van der Waals surface area contributed by atoms with Gasteiger partial charge in [-0.1, -0.05) is 63.3 Å². The van der Waals surface area contributed by atoms with Crippen LogP contribution >= 0.6 is 0 Å². The number of ether oxygens (including phenoxy) is 2. The van der Waals surface area contributed by atoms with Crippen LogP contribution in [0.25, 0.3) is 10.9 Å². The molecule has 5 heteroatoms. The Hall–Kier alpha value is -2.95. The lowest BCUT2D eigenvalue weighted by molar-refractivity contribution is 0.399. The van der Waals surface area contributed by atoms with Gasteiger partial charge in [0.1, 0.15) is 11.5 Å². The molecule has 0 aliphatic heterocycles. The first-order valence-corrected chi connectivity index (χ1v) is 10.3. The quantitative estimate of drug-likeness (QED) is 0.436. The van der Waals surface area contributed by atoms with Crippen LogP contribution in [0.5, 0.6) is 23.0 Å². The van der Waals surface area contributed by atoms with Crippen molar-refractivity contribution in [3.05, 3.63) is 58.9 Å². The molecule has 0 amide bonds. The number of nitrogens with zero attached hydrogens (tertiary/aromatic N) is 1. The highest BCUT2D eigenvalue weighted by atomic mass is 16.5. The molecule has 0 aliphatic rings. The number of unbranched alkanes of at least 4 members (excludes halogenated alkanes) is 5. The summed E-state index contributed by atoms with van der Waals surface area (Å²) in [6.45, 7) is 2.75. The smallest absolute Gasteiger partial charge is 0.298 e. The zero-order valence-electron chi connectivity index (χ0n) is 17.2. The van der Waals surface area contributed by atoms with Crippen LogP contribution in [0, 0.1) is 0 Å². The van der Waals surface area contributed by atoms with Gasteiger partial charge in [0.05, 0.1) is 12.6 Å². The van der Waals surface area contributed by atoms with Crippen molar-refractivity contribution < 1.29 is 14.6 Å². The number of aromatic nitrogens is 1. The monoisotopic (exact) mass is 395 g/mol. The van der Waals surface area contributed by atoms with Gasteiger partial charge >= 0.3 is 0 Å². The topological polar surface area (TPSA) is 60.7 Å². The summed E-state index contributed by atoms with van der Waals surface area (Å²) in [4.78, 5) is 13.3. The molecule has 5 nitrogen and oxygen atoms in total. The Labute approximate surface area is 171 Å². The Morgan fingerprint density at radius 2 is 1.66 bits per heavy atom. The van der Waals surface area contributed by atoms with Gasteiger partial charge in [-0.25, -0.2) is 0 Å². The van der Waals surface area contributed by atoms with Crippen molar-refractivity contribution in [1.29, 1.82) is 0 Å². The molecule has 0 saturated carbocycles. The third-order valence-corrected chi connectivity index (χ3v) is 5.10. The average molecular weight is 395 g/mol. The first-order valence-electron chi connectivity index (χ1n) is 10.3. The van der Waals surface area contributed by atoms with Crippen LogP contribution in [-0.4, -0.2) is 16.8 Å². The molecule has 154 valence electrons. The van der Waals surface area contributed by atoms with Crippen molar-refractivity contribution in [1.82, 2.24) is 4.57 Å². The maximum absolute atomic E-state index is 13.3. The minimum atomic E-state index is -0.350. The van der Waals surface area contributed by atoms with E-state index in [1.165, 1.54) is 19.3 Å². The van der Waals surface area contributed by atoms with Crippen molar-refractivity contribution in [2.24, 2.45) is 0 Å². The van der Waals surface area contributed by atoms with Gasteiger partial charge in [-0.05, 0) is 30.7 Å². The van der Waals surface area contributed by atoms with Crippen LogP contribution in [0.3, 0.4) is 0 Å². The van der Waals surface area contributed by atoms with Gasteiger partial charge in [-0.15, -0.1) is 0 Å². The van der Waals surface area contributed by atoms with Gasteiger partial charge in [0.2, 0.25) is 5.75 Å². The fourth-order valence-corrected chi connectivity index (χ4v) is 3.57. The summed E-state index contributed by atoms with van der Waals surface area (Å²) in [5.41, 5.74) is 0.253. The average Bonchev–Trinajstić information content (AvgIpc) is 2.76. The van der Waals surface area contributed by atoms with E-state index in [9.17, 15) is 9.90 Å². The highest BCUT2D eigenvalue weighted by Gasteiger charge is 2.20. The predicted octanol–water partition coefficient (Wildman–Crippen LogP) is 5.87. The molecule has 1 heterocycles. The van der Waals surface area contributed by atoms with Crippen molar-refractivity contribution in [2.75, 3.05) is 7.11 Å². The Balaban J connectivity index is 2.00. The van der Waals surface area contributed by atoms with Crippen LogP contribution in [0.4, 0.5) is 0 Å². The number of hydrogen-bond acceptors (Lipinski definition) is 4. The maximum atomic E-state index is 13.3. The van der Waals surface area contributed by atoms with Crippen molar-refractivity contribution in [3.8, 4) is 23.0 Å². The molecular weight excluding hydrogens is 366 g/mol. The van der Waals surface area contributed by atoms with Crippen molar-refractivity contribution >= 4 is 10.9 Å². The standard InChI is InChI=1S/C24H29NO4/c1-3-4-5-6-7-11-17-25-21-19(15-12-16-20(21)28-2)22(26)23(24(25)27)29-18-13-9-8-10-14-18/h8-10,12-16,26H,3-7,11,17H2,1-2H3. The van der Waals surface area contributed by atoms with Crippen LogP contribution in [0.2, 0.25) is 0 Å². The Morgan fingerprint density at radius 1 is 0.931 bits per heavy atom. The van der Waals surface area contributed by atoms with Crippen molar-refractivity contribution in [2.45, 2.75) is 52.0 Å². The largest absolute Gasteiger partial charge is 0.504 e. The molecule has 0 saturated heterocycles. The Morgan fingerprint density at radius 3 is 2.38 bits per heavy atom. The zero-order valence-corrected chi connectivity index (χ0v) is 17.2. The summed E-state index contributed by atoms with van der Waals surface area (Å²) in [6, 6.07) is 14.4. The van der Waals surface area contributed by atoms with Gasteiger partial charge in [0.25, 0.3) is 5.56 Å². The van der Waals surface area contributed by atoms with Crippen LogP contribution < -0.4 is 15.0 Å². The normalized spacial score (nSPS) is 11.0. The number of rotatable bonds is 10. The van der Waals surface area contributed by atoms with Gasteiger partial charge in [0, 0.05) is 11.9 Å². The molecule has 29 heavy (non-hydrogen) atoms. The number of pyridine rings is 1.